The minimum Gasteiger partial charge on any atom is -0.332 e. The van der Waals surface area contributed by atoms with E-state index < -0.39 is 0 Å². The smallest absolute Gasteiger partial charge is 0.289 e. The van der Waals surface area contributed by atoms with Gasteiger partial charge in [-0.15, -0.1) is 0 Å². The van der Waals surface area contributed by atoms with Gasteiger partial charge in [-0.2, -0.15) is 0 Å². The largest absolute Gasteiger partial charge is 0.332 e. The number of rotatable bonds is 2. The van der Waals surface area contributed by atoms with Crippen molar-refractivity contribution in [2.75, 3.05) is 7.05 Å². The number of benzene rings is 1. The molecule has 100 valence electrons. The molecule has 0 bridgehead atoms. The van der Waals surface area contributed by atoms with Gasteiger partial charge in [-0.25, -0.2) is 0 Å². The minimum absolute atomic E-state index is 0.0822. The van der Waals surface area contributed by atoms with Crippen LogP contribution >= 0.6 is 15.9 Å². The van der Waals surface area contributed by atoms with Crippen LogP contribution in [-0.4, -0.2) is 16.8 Å². The van der Waals surface area contributed by atoms with Crippen molar-refractivity contribution in [1.82, 2.24) is 4.90 Å². The van der Waals surface area contributed by atoms with E-state index in [4.69, 9.17) is 0 Å². The van der Waals surface area contributed by atoms with E-state index in [1.165, 1.54) is 22.3 Å². The highest BCUT2D eigenvalue weighted by atomic mass is 79.9. The van der Waals surface area contributed by atoms with E-state index in [0.29, 0.717) is 6.54 Å². The lowest BCUT2D eigenvalue weighted by Crippen LogP contribution is -2.21. The summed E-state index contributed by atoms with van der Waals surface area (Å²) in [6, 6.07) is 4.46. The van der Waals surface area contributed by atoms with Crippen LogP contribution in [0.4, 0.5) is 4.79 Å². The first-order chi connectivity index (χ1) is 8.12. The Labute approximate surface area is 119 Å². The molecule has 0 N–H and O–H groups in total. The Morgan fingerprint density at radius 3 is 2.00 bits per heavy atom. The molecule has 0 aliphatic rings. The molecule has 0 heterocycles. The van der Waals surface area contributed by atoms with Crippen LogP contribution in [0, 0.1) is 13.8 Å². The second kappa shape index (κ2) is 5.43. The van der Waals surface area contributed by atoms with Crippen LogP contribution in [0.3, 0.4) is 0 Å². The van der Waals surface area contributed by atoms with Gasteiger partial charge in [-0.3, -0.25) is 4.79 Å². The number of carbonyl (C=O) groups excluding carboxylic acids is 1. The van der Waals surface area contributed by atoms with Crippen LogP contribution in [0.5, 0.6) is 0 Å². The maximum atomic E-state index is 11.2. The molecule has 18 heavy (non-hydrogen) atoms. The number of carbonyl (C=O) groups is 1. The molecule has 0 saturated heterocycles. The lowest BCUT2D eigenvalue weighted by molar-refractivity contribution is 0.233. The van der Waals surface area contributed by atoms with Crippen LogP contribution in [-0.2, 0) is 12.0 Å². The lowest BCUT2D eigenvalue weighted by Gasteiger charge is -2.24. The van der Waals surface area contributed by atoms with Gasteiger partial charge in [-0.05, 0) is 41.5 Å². The van der Waals surface area contributed by atoms with E-state index >= 15 is 0 Å². The molecule has 0 aliphatic heterocycles. The molecule has 1 aromatic carbocycles. The Balaban J connectivity index is 3.13. The number of hydrogen-bond donors (Lipinski definition) is 0. The maximum absolute atomic E-state index is 11.2. The molecular weight excluding hydrogens is 290 g/mol. The molecule has 3 heteroatoms. The van der Waals surface area contributed by atoms with Gasteiger partial charge in [0.2, 0.25) is 0 Å². The fraction of sp³-hybridized carbons (Fsp3) is 0.533. The van der Waals surface area contributed by atoms with Gasteiger partial charge in [-0.1, -0.05) is 32.9 Å². The molecule has 0 unspecified atom stereocenters. The van der Waals surface area contributed by atoms with E-state index in [1.807, 2.05) is 0 Å². The Bertz CT molecular complexity index is 437. The second-order valence-corrected chi connectivity index (χ2v) is 6.63. The van der Waals surface area contributed by atoms with Crippen LogP contribution < -0.4 is 0 Å². The van der Waals surface area contributed by atoms with Crippen molar-refractivity contribution in [3.05, 3.63) is 34.4 Å². The van der Waals surface area contributed by atoms with Crippen molar-refractivity contribution < 1.29 is 4.79 Å². The summed E-state index contributed by atoms with van der Waals surface area (Å²) in [5.74, 6) is 0. The summed E-state index contributed by atoms with van der Waals surface area (Å²) in [7, 11) is 1.80. The van der Waals surface area contributed by atoms with Gasteiger partial charge in [0.15, 0.2) is 0 Å². The molecule has 0 aromatic heterocycles. The Kier molecular flexibility index (Phi) is 4.60. The predicted octanol–water partition coefficient (Wildman–Crippen LogP) is 4.55. The van der Waals surface area contributed by atoms with E-state index in [2.05, 4.69) is 62.7 Å². The molecule has 0 fully saturated rings. The topological polar surface area (TPSA) is 20.3 Å². The van der Waals surface area contributed by atoms with Crippen molar-refractivity contribution in [3.8, 4) is 0 Å². The maximum Gasteiger partial charge on any atom is 0.289 e. The molecule has 0 radical (unpaired) electrons. The van der Waals surface area contributed by atoms with Crippen LogP contribution in [0.1, 0.15) is 43.0 Å². The van der Waals surface area contributed by atoms with Crippen molar-refractivity contribution in [3.63, 3.8) is 0 Å². The first-order valence-corrected chi connectivity index (χ1v) is 6.93. The first kappa shape index (κ1) is 15.2. The molecule has 1 amide bonds. The molecule has 0 aliphatic carbocycles. The molecule has 1 rings (SSSR count). The van der Waals surface area contributed by atoms with E-state index in [-0.39, 0.29) is 10.2 Å². The predicted molar refractivity (Wildman–Crippen MR) is 80.4 cm³/mol. The summed E-state index contributed by atoms with van der Waals surface area (Å²) in [4.78, 5) is 12.8. The third-order valence-electron chi connectivity index (χ3n) is 3.26. The standard InChI is InChI=1S/C15H22BrNO/c1-10-7-12(15(3,4)5)8-11(2)13(10)9-17(6)14(16)18/h7-8H,9H2,1-6H3. The van der Waals surface area contributed by atoms with Crippen molar-refractivity contribution in [2.45, 2.75) is 46.6 Å². The third kappa shape index (κ3) is 3.58. The average molecular weight is 312 g/mol. The SMILES string of the molecule is Cc1cc(C(C)(C)C)cc(C)c1CN(C)C(=O)Br. The lowest BCUT2D eigenvalue weighted by atomic mass is 9.84. The molecule has 0 spiro atoms. The van der Waals surface area contributed by atoms with Gasteiger partial charge in [0, 0.05) is 29.5 Å². The molecule has 2 nitrogen and oxygen atoms in total. The number of nitrogens with zero attached hydrogens (tertiary/aromatic N) is 1. The third-order valence-corrected chi connectivity index (χ3v) is 3.86. The quantitative estimate of drug-likeness (QED) is 0.579. The number of halogens is 1. The summed E-state index contributed by atoms with van der Waals surface area (Å²) in [6.45, 7) is 11.5. The zero-order valence-electron chi connectivity index (χ0n) is 12.1. The second-order valence-electron chi connectivity index (χ2n) is 5.95. The summed E-state index contributed by atoms with van der Waals surface area (Å²) in [6.07, 6.45) is 0. The summed E-state index contributed by atoms with van der Waals surface area (Å²) in [5, 5.41) is 0. The Morgan fingerprint density at radius 1 is 1.22 bits per heavy atom. The molecule has 0 saturated carbocycles. The van der Waals surface area contributed by atoms with E-state index in [1.54, 1.807) is 11.9 Å². The number of amides is 1. The molecule has 0 atom stereocenters. The zero-order chi connectivity index (χ0) is 14.1. The Hall–Kier alpha value is -0.830. The minimum atomic E-state index is -0.0822. The Morgan fingerprint density at radius 2 is 1.67 bits per heavy atom. The van der Waals surface area contributed by atoms with Gasteiger partial charge in [0.05, 0.1) is 0 Å². The van der Waals surface area contributed by atoms with E-state index in [0.717, 1.165) is 0 Å². The number of aryl methyl sites for hydroxylation is 2. The van der Waals surface area contributed by atoms with Crippen LogP contribution in [0.25, 0.3) is 0 Å². The summed E-state index contributed by atoms with van der Waals surface area (Å²) >= 11 is 2.98. The first-order valence-electron chi connectivity index (χ1n) is 6.14. The summed E-state index contributed by atoms with van der Waals surface area (Å²) in [5.41, 5.74) is 5.24. The highest BCUT2D eigenvalue weighted by molar-refractivity contribution is 9.18. The van der Waals surface area contributed by atoms with Crippen molar-refractivity contribution >= 4 is 20.7 Å². The van der Waals surface area contributed by atoms with Gasteiger partial charge >= 0.3 is 0 Å². The highest BCUT2D eigenvalue weighted by Gasteiger charge is 2.17. The number of hydrogen-bond acceptors (Lipinski definition) is 1. The van der Waals surface area contributed by atoms with E-state index in [9.17, 15) is 4.79 Å². The summed E-state index contributed by atoms with van der Waals surface area (Å²) < 4.78 is 0. The normalized spacial score (nSPS) is 11.5. The van der Waals surface area contributed by atoms with Crippen LogP contribution in [0.2, 0.25) is 0 Å². The molecule has 1 aromatic rings. The van der Waals surface area contributed by atoms with Gasteiger partial charge in [0.1, 0.15) is 0 Å². The van der Waals surface area contributed by atoms with Crippen molar-refractivity contribution in [1.29, 1.82) is 0 Å². The molecular formula is C15H22BrNO. The fourth-order valence-electron chi connectivity index (χ4n) is 1.98. The van der Waals surface area contributed by atoms with Crippen molar-refractivity contribution in [2.24, 2.45) is 0 Å². The zero-order valence-corrected chi connectivity index (χ0v) is 13.7. The monoisotopic (exact) mass is 311 g/mol. The fourth-order valence-corrected chi connectivity index (χ4v) is 2.10. The highest BCUT2D eigenvalue weighted by Crippen LogP contribution is 2.27. The van der Waals surface area contributed by atoms with Gasteiger partial charge < -0.3 is 4.90 Å². The van der Waals surface area contributed by atoms with Gasteiger partial charge in [0.25, 0.3) is 4.82 Å². The average Bonchev–Trinajstić information content (AvgIpc) is 2.21. The van der Waals surface area contributed by atoms with Crippen LogP contribution in [0.15, 0.2) is 12.1 Å².